The van der Waals surface area contributed by atoms with Crippen molar-refractivity contribution >= 4 is 11.5 Å². The van der Waals surface area contributed by atoms with Crippen LogP contribution in [-0.4, -0.2) is 16.0 Å². The molecule has 0 spiro atoms. The summed E-state index contributed by atoms with van der Waals surface area (Å²) in [4.78, 5) is 4.14. The molecule has 2 rings (SSSR count). The molecule has 0 radical (unpaired) electrons. The van der Waals surface area contributed by atoms with Crippen molar-refractivity contribution < 1.29 is 5.21 Å². The lowest BCUT2D eigenvalue weighted by Gasteiger charge is -2.11. The van der Waals surface area contributed by atoms with E-state index in [4.69, 9.17) is 10.9 Å². The molecule has 0 fully saturated rings. The molecule has 5 heteroatoms. The Labute approximate surface area is 118 Å². The van der Waals surface area contributed by atoms with Crippen LogP contribution in [-0.2, 0) is 6.54 Å². The maximum Gasteiger partial charge on any atom is 0.189 e. The molecule has 0 unspecified atom stereocenters. The number of nitrogens with one attached hydrogen (secondary N) is 1. The van der Waals surface area contributed by atoms with E-state index in [0.29, 0.717) is 12.2 Å². The van der Waals surface area contributed by atoms with E-state index in [9.17, 15) is 0 Å². The zero-order chi connectivity index (χ0) is 14.5. The highest BCUT2D eigenvalue weighted by molar-refractivity contribution is 5.96. The second-order valence-electron chi connectivity index (χ2n) is 4.65. The Kier molecular flexibility index (Phi) is 4.20. The van der Waals surface area contributed by atoms with Gasteiger partial charge in [-0.3, -0.25) is 4.98 Å². The van der Waals surface area contributed by atoms with E-state index < -0.39 is 0 Å². The van der Waals surface area contributed by atoms with Gasteiger partial charge in [0.1, 0.15) is 5.69 Å². The fraction of sp³-hybridized carbons (Fsp3) is 0.200. The van der Waals surface area contributed by atoms with E-state index in [1.807, 2.05) is 18.2 Å². The van der Waals surface area contributed by atoms with E-state index >= 15 is 0 Å². The summed E-state index contributed by atoms with van der Waals surface area (Å²) >= 11 is 0. The number of nitrogens with zero attached hydrogens (tertiary/aromatic N) is 2. The third-order valence-electron chi connectivity index (χ3n) is 3.23. The standard InChI is InChI=1S/C15H18N4O/c1-10-5-6-13(8-11(10)2)18-9-12-4-3-7-17-14(12)15(16)19-20/h3-8,18,20H,9H2,1-2H3,(H2,16,19). The summed E-state index contributed by atoms with van der Waals surface area (Å²) in [6, 6.07) is 9.92. The van der Waals surface area contributed by atoms with Crippen molar-refractivity contribution in [3.63, 3.8) is 0 Å². The van der Waals surface area contributed by atoms with Crippen LogP contribution in [0.5, 0.6) is 0 Å². The second kappa shape index (κ2) is 6.06. The van der Waals surface area contributed by atoms with Crippen LogP contribution in [0.4, 0.5) is 5.69 Å². The fourth-order valence-corrected chi connectivity index (χ4v) is 1.91. The summed E-state index contributed by atoms with van der Waals surface area (Å²) in [7, 11) is 0. The van der Waals surface area contributed by atoms with Gasteiger partial charge in [-0.15, -0.1) is 0 Å². The maximum atomic E-state index is 8.77. The Morgan fingerprint density at radius 1 is 1.30 bits per heavy atom. The van der Waals surface area contributed by atoms with Gasteiger partial charge in [0.15, 0.2) is 5.84 Å². The number of nitrogens with two attached hydrogens (primary N) is 1. The molecule has 0 saturated carbocycles. The third kappa shape index (κ3) is 3.06. The normalized spacial score (nSPS) is 11.4. The largest absolute Gasteiger partial charge is 0.409 e. The molecule has 1 aromatic carbocycles. The van der Waals surface area contributed by atoms with Crippen molar-refractivity contribution in [1.82, 2.24) is 4.98 Å². The number of hydrogen-bond donors (Lipinski definition) is 3. The topological polar surface area (TPSA) is 83.5 Å². The van der Waals surface area contributed by atoms with Gasteiger partial charge in [-0.05, 0) is 43.2 Å². The predicted octanol–water partition coefficient (Wildman–Crippen LogP) is 2.41. The fourth-order valence-electron chi connectivity index (χ4n) is 1.91. The van der Waals surface area contributed by atoms with Crippen LogP contribution in [0, 0.1) is 13.8 Å². The first kappa shape index (κ1) is 13.9. The quantitative estimate of drug-likeness (QED) is 0.345. The highest BCUT2D eigenvalue weighted by Gasteiger charge is 2.07. The number of aryl methyl sites for hydroxylation is 2. The van der Waals surface area contributed by atoms with Crippen LogP contribution < -0.4 is 11.1 Å². The van der Waals surface area contributed by atoms with E-state index in [0.717, 1.165) is 11.3 Å². The average Bonchev–Trinajstić information content (AvgIpc) is 2.48. The van der Waals surface area contributed by atoms with Crippen molar-refractivity contribution in [3.05, 3.63) is 58.9 Å². The lowest BCUT2D eigenvalue weighted by atomic mass is 10.1. The Hall–Kier alpha value is -2.56. The van der Waals surface area contributed by atoms with Gasteiger partial charge in [0.2, 0.25) is 0 Å². The van der Waals surface area contributed by atoms with Crippen molar-refractivity contribution in [1.29, 1.82) is 0 Å². The molecule has 0 saturated heterocycles. The molecule has 0 aliphatic rings. The summed E-state index contributed by atoms with van der Waals surface area (Å²) in [5, 5.41) is 15.1. The molecule has 0 bridgehead atoms. The molecule has 0 aliphatic carbocycles. The van der Waals surface area contributed by atoms with Crippen molar-refractivity contribution in [2.24, 2.45) is 10.9 Å². The molecule has 5 nitrogen and oxygen atoms in total. The summed E-state index contributed by atoms with van der Waals surface area (Å²) in [5.74, 6) is 0.0162. The minimum absolute atomic E-state index is 0.0162. The molecule has 1 heterocycles. The number of pyridine rings is 1. The van der Waals surface area contributed by atoms with Gasteiger partial charge in [-0.1, -0.05) is 17.3 Å². The van der Waals surface area contributed by atoms with Crippen LogP contribution in [0.25, 0.3) is 0 Å². The summed E-state index contributed by atoms with van der Waals surface area (Å²) in [5.41, 5.74) is 10.5. The zero-order valence-electron chi connectivity index (χ0n) is 11.6. The van der Waals surface area contributed by atoms with Crippen LogP contribution in [0.2, 0.25) is 0 Å². The van der Waals surface area contributed by atoms with Crippen LogP contribution in [0.3, 0.4) is 0 Å². The molecular formula is C15H18N4O. The molecule has 2 aromatic rings. The van der Waals surface area contributed by atoms with Gasteiger partial charge < -0.3 is 16.3 Å². The second-order valence-corrected chi connectivity index (χ2v) is 4.65. The first-order valence-electron chi connectivity index (χ1n) is 6.34. The number of aromatic nitrogens is 1. The zero-order valence-corrected chi connectivity index (χ0v) is 11.6. The summed E-state index contributed by atoms with van der Waals surface area (Å²) in [6.45, 7) is 4.71. The molecule has 4 N–H and O–H groups in total. The van der Waals surface area contributed by atoms with E-state index in [1.54, 1.807) is 6.20 Å². The molecular weight excluding hydrogens is 252 g/mol. The summed E-state index contributed by atoms with van der Waals surface area (Å²) < 4.78 is 0. The van der Waals surface area contributed by atoms with E-state index in [-0.39, 0.29) is 5.84 Å². The number of oxime groups is 1. The minimum Gasteiger partial charge on any atom is -0.409 e. The van der Waals surface area contributed by atoms with Crippen molar-refractivity contribution in [2.45, 2.75) is 20.4 Å². The Morgan fingerprint density at radius 2 is 2.10 bits per heavy atom. The molecule has 1 aromatic heterocycles. The van der Waals surface area contributed by atoms with Gasteiger partial charge in [0.25, 0.3) is 0 Å². The molecule has 0 atom stereocenters. The molecule has 0 amide bonds. The minimum atomic E-state index is 0.0162. The first-order chi connectivity index (χ1) is 9.61. The number of anilines is 1. The van der Waals surface area contributed by atoms with Gasteiger partial charge in [-0.25, -0.2) is 0 Å². The highest BCUT2D eigenvalue weighted by atomic mass is 16.4. The third-order valence-corrected chi connectivity index (χ3v) is 3.23. The van der Waals surface area contributed by atoms with Gasteiger partial charge in [0.05, 0.1) is 0 Å². The average molecular weight is 270 g/mol. The monoisotopic (exact) mass is 270 g/mol. The van der Waals surface area contributed by atoms with Crippen LogP contribution in [0.15, 0.2) is 41.7 Å². The van der Waals surface area contributed by atoms with Gasteiger partial charge in [0, 0.05) is 24.0 Å². The van der Waals surface area contributed by atoms with E-state index in [1.165, 1.54) is 11.1 Å². The Balaban J connectivity index is 2.17. The maximum absolute atomic E-state index is 8.77. The van der Waals surface area contributed by atoms with Crippen LogP contribution in [0.1, 0.15) is 22.4 Å². The lowest BCUT2D eigenvalue weighted by Crippen LogP contribution is -2.18. The molecule has 104 valence electrons. The molecule has 20 heavy (non-hydrogen) atoms. The van der Waals surface area contributed by atoms with Gasteiger partial charge in [-0.2, -0.15) is 0 Å². The first-order valence-corrected chi connectivity index (χ1v) is 6.34. The smallest absolute Gasteiger partial charge is 0.189 e. The lowest BCUT2D eigenvalue weighted by molar-refractivity contribution is 0.318. The van der Waals surface area contributed by atoms with Crippen molar-refractivity contribution in [3.8, 4) is 0 Å². The number of benzene rings is 1. The Morgan fingerprint density at radius 3 is 2.80 bits per heavy atom. The summed E-state index contributed by atoms with van der Waals surface area (Å²) in [6.07, 6.45) is 1.62. The Bertz CT molecular complexity index is 638. The number of hydrogen-bond acceptors (Lipinski definition) is 4. The van der Waals surface area contributed by atoms with Gasteiger partial charge >= 0.3 is 0 Å². The number of amidine groups is 1. The van der Waals surface area contributed by atoms with E-state index in [2.05, 4.69) is 41.4 Å². The van der Waals surface area contributed by atoms with Crippen molar-refractivity contribution in [2.75, 3.05) is 5.32 Å². The number of rotatable bonds is 4. The predicted molar refractivity (Wildman–Crippen MR) is 80.0 cm³/mol. The highest BCUT2D eigenvalue weighted by Crippen LogP contribution is 2.16. The molecule has 0 aliphatic heterocycles. The SMILES string of the molecule is Cc1ccc(NCc2cccnc2C(N)=NO)cc1C. The van der Waals surface area contributed by atoms with Crippen LogP contribution >= 0.6 is 0 Å².